The third kappa shape index (κ3) is 4.87. The van der Waals surface area contributed by atoms with Crippen molar-refractivity contribution in [3.05, 3.63) is 104 Å². The van der Waals surface area contributed by atoms with Crippen LogP contribution in [0.3, 0.4) is 0 Å². The molecule has 5 rings (SSSR count). The fourth-order valence-electron chi connectivity index (χ4n) is 4.33. The molecule has 0 aliphatic rings. The van der Waals surface area contributed by atoms with E-state index in [2.05, 4.69) is 21.3 Å². The summed E-state index contributed by atoms with van der Waals surface area (Å²) in [5.41, 5.74) is 1.61. The van der Waals surface area contributed by atoms with Gasteiger partial charge in [-0.05, 0) is 53.9 Å². The van der Waals surface area contributed by atoms with Crippen LogP contribution in [0, 0.1) is 18.3 Å². The van der Waals surface area contributed by atoms with Crippen LogP contribution < -0.4 is 5.56 Å². The van der Waals surface area contributed by atoms with E-state index in [1.165, 1.54) is 22.2 Å². The summed E-state index contributed by atoms with van der Waals surface area (Å²) < 4.78 is 42.4. The number of alkyl halides is 4. The summed E-state index contributed by atoms with van der Waals surface area (Å²) in [6, 6.07) is 17.6. The van der Waals surface area contributed by atoms with Gasteiger partial charge in [-0.2, -0.15) is 18.4 Å². The van der Waals surface area contributed by atoms with Gasteiger partial charge in [-0.3, -0.25) is 4.79 Å². The van der Waals surface area contributed by atoms with E-state index in [4.69, 9.17) is 23.2 Å². The second kappa shape index (κ2) is 10.2. The van der Waals surface area contributed by atoms with E-state index in [-0.39, 0.29) is 29.5 Å². The van der Waals surface area contributed by atoms with Crippen LogP contribution in [0.5, 0.6) is 0 Å². The topological polar surface area (TPSA) is 88.9 Å². The summed E-state index contributed by atoms with van der Waals surface area (Å²) >= 11 is 12.3. The van der Waals surface area contributed by atoms with Crippen molar-refractivity contribution >= 4 is 28.8 Å². The molecule has 5 aromatic rings. The highest BCUT2D eigenvalue weighted by Crippen LogP contribution is 2.34. The Balaban J connectivity index is 1.83. The zero-order valence-corrected chi connectivity index (χ0v) is 21.7. The fraction of sp³-hybridized carbons (Fsp3) is 0.148. The molecule has 0 bridgehead atoms. The average Bonchev–Trinajstić information content (AvgIpc) is 3.34. The van der Waals surface area contributed by atoms with Gasteiger partial charge in [-0.1, -0.05) is 41.9 Å². The molecule has 0 N–H and O–H groups in total. The number of halogens is 5. The van der Waals surface area contributed by atoms with Gasteiger partial charge in [0.1, 0.15) is 5.69 Å². The lowest BCUT2D eigenvalue weighted by Gasteiger charge is -2.18. The second-order valence-electron chi connectivity index (χ2n) is 8.63. The summed E-state index contributed by atoms with van der Waals surface area (Å²) in [4.78, 5) is 18.0. The van der Waals surface area contributed by atoms with E-state index in [1.54, 1.807) is 48.5 Å². The van der Waals surface area contributed by atoms with Gasteiger partial charge in [0.15, 0.2) is 11.5 Å². The molecule has 196 valence electrons. The van der Waals surface area contributed by atoms with Crippen LogP contribution in [0.1, 0.15) is 28.3 Å². The Hall–Kier alpha value is -4.20. The monoisotopic (exact) mass is 568 g/mol. The van der Waals surface area contributed by atoms with E-state index in [0.717, 1.165) is 6.07 Å². The van der Waals surface area contributed by atoms with Gasteiger partial charge in [0.2, 0.25) is 0 Å². The van der Waals surface area contributed by atoms with Gasteiger partial charge in [-0.15, -0.1) is 21.8 Å². The maximum Gasteiger partial charge on any atom is 0.433 e. The van der Waals surface area contributed by atoms with Crippen molar-refractivity contribution in [2.45, 2.75) is 25.5 Å². The number of hydrogen-bond donors (Lipinski definition) is 0. The molecule has 0 saturated heterocycles. The first-order valence-electron chi connectivity index (χ1n) is 11.5. The molecule has 0 fully saturated rings. The SMILES string of the molecule is Cc1nc(C(F)(F)F)ccc1Cn1c(=O)c(-c2ccc(C#N)cc2)c(-c2ccc(Cl)cc2)c2nnc(CCl)n21. The summed E-state index contributed by atoms with van der Waals surface area (Å²) in [7, 11) is 0. The smallest absolute Gasteiger partial charge is 0.267 e. The molecule has 0 aliphatic carbocycles. The quantitative estimate of drug-likeness (QED) is 0.233. The first-order chi connectivity index (χ1) is 18.6. The summed E-state index contributed by atoms with van der Waals surface area (Å²) in [6.07, 6.45) is -4.60. The minimum Gasteiger partial charge on any atom is -0.267 e. The van der Waals surface area contributed by atoms with E-state index < -0.39 is 17.4 Å². The standard InChI is InChI=1S/C27H17Cl2F3N6O/c1-15-19(8-11-21(34-15)27(30,31)32)14-37-26(39)24(18-4-2-16(13-33)3-5-18)23(17-6-9-20(29)10-7-17)25-36-35-22(12-28)38(25)37/h2-11H,12,14H2,1H3. The Labute approximate surface area is 229 Å². The van der Waals surface area contributed by atoms with Crippen LogP contribution in [-0.2, 0) is 18.6 Å². The van der Waals surface area contributed by atoms with E-state index >= 15 is 0 Å². The molecule has 0 radical (unpaired) electrons. The van der Waals surface area contributed by atoms with Gasteiger partial charge >= 0.3 is 6.18 Å². The van der Waals surface area contributed by atoms with Crippen molar-refractivity contribution in [2.24, 2.45) is 0 Å². The lowest BCUT2D eigenvalue weighted by molar-refractivity contribution is -0.141. The largest absolute Gasteiger partial charge is 0.433 e. The molecule has 0 atom stereocenters. The maximum absolute atomic E-state index is 14.3. The number of hydrogen-bond acceptors (Lipinski definition) is 5. The highest BCUT2D eigenvalue weighted by atomic mass is 35.5. The van der Waals surface area contributed by atoms with Gasteiger partial charge in [0, 0.05) is 16.3 Å². The normalized spacial score (nSPS) is 11.6. The Morgan fingerprint density at radius 2 is 1.59 bits per heavy atom. The van der Waals surface area contributed by atoms with Crippen molar-refractivity contribution in [1.29, 1.82) is 5.26 Å². The van der Waals surface area contributed by atoms with Gasteiger partial charge < -0.3 is 0 Å². The zero-order valence-electron chi connectivity index (χ0n) is 20.2. The van der Waals surface area contributed by atoms with Crippen LogP contribution in [0.2, 0.25) is 5.02 Å². The number of pyridine rings is 1. The highest BCUT2D eigenvalue weighted by Gasteiger charge is 2.33. The lowest BCUT2D eigenvalue weighted by atomic mass is 9.96. The highest BCUT2D eigenvalue weighted by molar-refractivity contribution is 6.30. The molecular formula is C27H17Cl2F3N6O. The summed E-state index contributed by atoms with van der Waals surface area (Å²) in [5, 5.41) is 18.3. The van der Waals surface area contributed by atoms with Crippen LogP contribution in [0.4, 0.5) is 13.2 Å². The zero-order chi connectivity index (χ0) is 27.9. The van der Waals surface area contributed by atoms with Gasteiger partial charge in [0.05, 0.1) is 29.6 Å². The van der Waals surface area contributed by atoms with Crippen molar-refractivity contribution < 1.29 is 13.2 Å². The van der Waals surface area contributed by atoms with Crippen molar-refractivity contribution in [3.63, 3.8) is 0 Å². The van der Waals surface area contributed by atoms with Crippen molar-refractivity contribution in [2.75, 3.05) is 0 Å². The maximum atomic E-state index is 14.3. The average molecular weight is 569 g/mol. The first kappa shape index (κ1) is 26.4. The fourth-order valence-corrected chi connectivity index (χ4v) is 4.62. The number of aromatic nitrogens is 5. The number of fused-ring (bicyclic) bond motifs is 1. The van der Waals surface area contributed by atoms with Crippen LogP contribution in [0.15, 0.2) is 65.5 Å². The number of rotatable bonds is 5. The van der Waals surface area contributed by atoms with E-state index in [9.17, 15) is 23.2 Å². The van der Waals surface area contributed by atoms with Gasteiger partial charge in [0.25, 0.3) is 5.56 Å². The van der Waals surface area contributed by atoms with Gasteiger partial charge in [-0.25, -0.2) is 14.2 Å². The number of nitriles is 1. The molecule has 0 saturated carbocycles. The molecule has 12 heteroatoms. The molecule has 7 nitrogen and oxygen atoms in total. The van der Waals surface area contributed by atoms with E-state index in [0.29, 0.717) is 38.5 Å². The predicted octanol–water partition coefficient (Wildman–Crippen LogP) is 6.26. The number of aryl methyl sites for hydroxylation is 1. The minimum absolute atomic E-state index is 0.0822. The second-order valence-corrected chi connectivity index (χ2v) is 9.34. The van der Waals surface area contributed by atoms with E-state index in [1.807, 2.05) is 0 Å². The molecular weight excluding hydrogens is 552 g/mol. The molecule has 2 aromatic carbocycles. The molecule has 0 unspecified atom stereocenters. The van der Waals surface area contributed by atoms with Crippen molar-refractivity contribution in [1.82, 2.24) is 24.4 Å². The van der Waals surface area contributed by atoms with Crippen LogP contribution >= 0.6 is 23.2 Å². The van der Waals surface area contributed by atoms with Crippen LogP contribution in [-0.4, -0.2) is 24.4 Å². The Bertz CT molecular complexity index is 1800. The Kier molecular flexibility index (Phi) is 6.89. The van der Waals surface area contributed by atoms with Crippen LogP contribution in [0.25, 0.3) is 27.9 Å². The number of benzene rings is 2. The summed E-state index contributed by atoms with van der Waals surface area (Å²) in [6.45, 7) is 1.32. The Morgan fingerprint density at radius 3 is 2.18 bits per heavy atom. The molecule has 3 aromatic heterocycles. The minimum atomic E-state index is -4.60. The molecule has 39 heavy (non-hydrogen) atoms. The third-order valence-corrected chi connectivity index (χ3v) is 6.72. The van der Waals surface area contributed by atoms with Crippen molar-refractivity contribution in [3.8, 4) is 28.3 Å². The lowest BCUT2D eigenvalue weighted by Crippen LogP contribution is -2.30. The first-order valence-corrected chi connectivity index (χ1v) is 12.4. The predicted molar refractivity (Wildman–Crippen MR) is 140 cm³/mol. The summed E-state index contributed by atoms with van der Waals surface area (Å²) in [5.74, 6) is 0.184. The molecule has 0 aliphatic heterocycles. The molecule has 0 amide bonds. The Morgan fingerprint density at radius 1 is 0.949 bits per heavy atom. The molecule has 3 heterocycles. The molecule has 0 spiro atoms. The number of nitrogens with zero attached hydrogens (tertiary/aromatic N) is 6. The third-order valence-electron chi connectivity index (χ3n) is 6.23.